The first-order chi connectivity index (χ1) is 7.79. The summed E-state index contributed by atoms with van der Waals surface area (Å²) in [5.41, 5.74) is 0.991. The highest BCUT2D eigenvalue weighted by atomic mass is 16.1. The van der Waals surface area contributed by atoms with Gasteiger partial charge in [0.05, 0.1) is 11.1 Å². The Hall–Kier alpha value is -2.61. The van der Waals surface area contributed by atoms with Gasteiger partial charge in [-0.05, 0) is 18.2 Å². The van der Waals surface area contributed by atoms with Crippen LogP contribution in [0.4, 0.5) is 5.82 Å². The van der Waals surface area contributed by atoms with Gasteiger partial charge in [0.2, 0.25) is 0 Å². The molecule has 0 radical (unpaired) electrons. The number of nitriles is 1. The van der Waals surface area contributed by atoms with Crippen LogP contribution in [0, 0.1) is 11.3 Å². The van der Waals surface area contributed by atoms with Gasteiger partial charge in [-0.25, -0.2) is 4.98 Å². The van der Waals surface area contributed by atoms with E-state index in [0.29, 0.717) is 16.9 Å². The Kier molecular flexibility index (Phi) is 2.65. The number of H-pyrrole nitrogens is 1. The van der Waals surface area contributed by atoms with E-state index in [9.17, 15) is 4.79 Å². The first kappa shape index (κ1) is 9.93. The third-order valence-corrected chi connectivity index (χ3v) is 1.99. The lowest BCUT2D eigenvalue weighted by atomic mass is 10.3. The molecule has 0 atom stereocenters. The SMILES string of the molecule is N#Cc1ccc(NC(=O)c2cc[nH]c2)nc1. The molecule has 0 aliphatic heterocycles. The number of pyridine rings is 1. The van der Waals surface area contributed by atoms with Gasteiger partial charge in [-0.15, -0.1) is 0 Å². The molecule has 0 aliphatic rings. The van der Waals surface area contributed by atoms with Crippen molar-refractivity contribution in [2.24, 2.45) is 0 Å². The van der Waals surface area contributed by atoms with Crippen LogP contribution in [-0.2, 0) is 0 Å². The summed E-state index contributed by atoms with van der Waals surface area (Å²) in [6, 6.07) is 6.80. The van der Waals surface area contributed by atoms with Crippen molar-refractivity contribution in [1.29, 1.82) is 5.26 Å². The van der Waals surface area contributed by atoms with Crippen LogP contribution in [0.2, 0.25) is 0 Å². The number of carbonyl (C=O) groups excluding carboxylic acids is 1. The van der Waals surface area contributed by atoms with Crippen LogP contribution in [0.5, 0.6) is 0 Å². The monoisotopic (exact) mass is 212 g/mol. The first-order valence-electron chi connectivity index (χ1n) is 4.60. The van der Waals surface area contributed by atoms with E-state index < -0.39 is 0 Å². The molecular formula is C11H8N4O. The topological polar surface area (TPSA) is 81.6 Å². The normalized spacial score (nSPS) is 9.44. The molecule has 2 aromatic heterocycles. The predicted octanol–water partition coefficient (Wildman–Crippen LogP) is 1.53. The highest BCUT2D eigenvalue weighted by Crippen LogP contribution is 2.06. The first-order valence-corrected chi connectivity index (χ1v) is 4.60. The number of hydrogen-bond donors (Lipinski definition) is 2. The quantitative estimate of drug-likeness (QED) is 0.792. The van der Waals surface area contributed by atoms with Gasteiger partial charge in [-0.1, -0.05) is 0 Å². The van der Waals surface area contributed by atoms with Crippen molar-refractivity contribution in [3.8, 4) is 6.07 Å². The molecule has 2 N–H and O–H groups in total. The number of hydrogen-bond acceptors (Lipinski definition) is 3. The minimum absolute atomic E-state index is 0.238. The summed E-state index contributed by atoms with van der Waals surface area (Å²) in [5, 5.41) is 11.2. The van der Waals surface area contributed by atoms with Crippen molar-refractivity contribution >= 4 is 11.7 Å². The van der Waals surface area contributed by atoms with E-state index in [1.807, 2.05) is 6.07 Å². The lowest BCUT2D eigenvalue weighted by molar-refractivity contribution is 0.102. The summed E-state index contributed by atoms with van der Waals surface area (Å²) in [4.78, 5) is 18.3. The van der Waals surface area contributed by atoms with E-state index in [-0.39, 0.29) is 5.91 Å². The molecule has 0 bridgehead atoms. The molecular weight excluding hydrogens is 204 g/mol. The average Bonchev–Trinajstić information content (AvgIpc) is 2.83. The zero-order chi connectivity index (χ0) is 11.4. The van der Waals surface area contributed by atoms with E-state index >= 15 is 0 Å². The van der Waals surface area contributed by atoms with Crippen molar-refractivity contribution in [2.75, 3.05) is 5.32 Å². The second kappa shape index (κ2) is 4.28. The molecule has 0 fully saturated rings. The Morgan fingerprint density at radius 3 is 2.88 bits per heavy atom. The maximum atomic E-state index is 11.6. The van der Waals surface area contributed by atoms with Crippen LogP contribution in [0.15, 0.2) is 36.8 Å². The molecule has 0 saturated heterocycles. The number of aromatic amines is 1. The molecule has 2 heterocycles. The molecule has 78 valence electrons. The molecule has 0 aliphatic carbocycles. The largest absolute Gasteiger partial charge is 0.367 e. The van der Waals surface area contributed by atoms with E-state index in [1.165, 1.54) is 6.20 Å². The number of rotatable bonds is 2. The Bertz CT molecular complexity index is 522. The van der Waals surface area contributed by atoms with Crippen LogP contribution in [0.1, 0.15) is 15.9 Å². The smallest absolute Gasteiger partial charge is 0.258 e. The van der Waals surface area contributed by atoms with E-state index in [1.54, 1.807) is 30.6 Å². The van der Waals surface area contributed by atoms with Crippen LogP contribution < -0.4 is 5.32 Å². The second-order valence-electron chi connectivity index (χ2n) is 3.10. The zero-order valence-electron chi connectivity index (χ0n) is 8.27. The van der Waals surface area contributed by atoms with Crippen molar-refractivity contribution in [1.82, 2.24) is 9.97 Å². The second-order valence-corrected chi connectivity index (χ2v) is 3.10. The minimum Gasteiger partial charge on any atom is -0.367 e. The molecule has 16 heavy (non-hydrogen) atoms. The Labute approximate surface area is 91.8 Å². The number of aromatic nitrogens is 2. The van der Waals surface area contributed by atoms with Gasteiger partial charge < -0.3 is 10.3 Å². The lowest BCUT2D eigenvalue weighted by Gasteiger charge is -2.01. The van der Waals surface area contributed by atoms with Crippen LogP contribution in [-0.4, -0.2) is 15.9 Å². The third-order valence-electron chi connectivity index (χ3n) is 1.99. The van der Waals surface area contributed by atoms with Gasteiger partial charge in [-0.2, -0.15) is 5.26 Å². The minimum atomic E-state index is -0.238. The molecule has 0 aromatic carbocycles. The maximum absolute atomic E-state index is 11.6. The third kappa shape index (κ3) is 2.07. The molecule has 0 saturated carbocycles. The molecule has 0 unspecified atom stereocenters. The standard InChI is InChI=1S/C11H8N4O/c12-5-8-1-2-10(14-6-8)15-11(16)9-3-4-13-7-9/h1-4,6-7,13H,(H,14,15,16). The average molecular weight is 212 g/mol. The van der Waals surface area contributed by atoms with E-state index in [0.717, 1.165) is 0 Å². The number of nitrogens with zero attached hydrogens (tertiary/aromatic N) is 2. The van der Waals surface area contributed by atoms with Gasteiger partial charge in [0.1, 0.15) is 11.9 Å². The summed E-state index contributed by atoms with van der Waals surface area (Å²) in [6.45, 7) is 0. The van der Waals surface area contributed by atoms with Crippen molar-refractivity contribution in [3.63, 3.8) is 0 Å². The number of nitrogens with one attached hydrogen (secondary N) is 2. The number of anilines is 1. The Morgan fingerprint density at radius 2 is 2.31 bits per heavy atom. The van der Waals surface area contributed by atoms with Crippen LogP contribution in [0.3, 0.4) is 0 Å². The lowest BCUT2D eigenvalue weighted by Crippen LogP contribution is -2.11. The van der Waals surface area contributed by atoms with Gasteiger partial charge in [0.15, 0.2) is 0 Å². The fraction of sp³-hybridized carbons (Fsp3) is 0. The summed E-state index contributed by atoms with van der Waals surface area (Å²) in [6.07, 6.45) is 4.67. The van der Waals surface area contributed by atoms with Gasteiger partial charge >= 0.3 is 0 Å². The van der Waals surface area contributed by atoms with Gasteiger partial charge in [-0.3, -0.25) is 4.79 Å². The summed E-state index contributed by atoms with van der Waals surface area (Å²) >= 11 is 0. The molecule has 5 nitrogen and oxygen atoms in total. The highest BCUT2D eigenvalue weighted by Gasteiger charge is 2.06. The Morgan fingerprint density at radius 1 is 1.44 bits per heavy atom. The van der Waals surface area contributed by atoms with E-state index in [4.69, 9.17) is 5.26 Å². The molecule has 5 heteroatoms. The summed E-state index contributed by atoms with van der Waals surface area (Å²) < 4.78 is 0. The fourth-order valence-electron chi connectivity index (χ4n) is 1.19. The number of amides is 1. The van der Waals surface area contributed by atoms with Crippen molar-refractivity contribution < 1.29 is 4.79 Å². The van der Waals surface area contributed by atoms with Gasteiger partial charge in [0.25, 0.3) is 5.91 Å². The maximum Gasteiger partial charge on any atom is 0.258 e. The van der Waals surface area contributed by atoms with Crippen LogP contribution >= 0.6 is 0 Å². The molecule has 1 amide bonds. The van der Waals surface area contributed by atoms with Crippen molar-refractivity contribution in [2.45, 2.75) is 0 Å². The predicted molar refractivity (Wildman–Crippen MR) is 57.7 cm³/mol. The zero-order valence-corrected chi connectivity index (χ0v) is 8.27. The number of carbonyl (C=O) groups is 1. The van der Waals surface area contributed by atoms with E-state index in [2.05, 4.69) is 15.3 Å². The molecule has 2 rings (SSSR count). The summed E-state index contributed by atoms with van der Waals surface area (Å²) in [5.74, 6) is 0.184. The molecule has 0 spiro atoms. The fourth-order valence-corrected chi connectivity index (χ4v) is 1.19. The van der Waals surface area contributed by atoms with Crippen LogP contribution in [0.25, 0.3) is 0 Å². The van der Waals surface area contributed by atoms with Crippen molar-refractivity contribution in [3.05, 3.63) is 47.9 Å². The summed E-state index contributed by atoms with van der Waals surface area (Å²) in [7, 11) is 0. The highest BCUT2D eigenvalue weighted by molar-refractivity contribution is 6.03. The Balaban J connectivity index is 2.10. The van der Waals surface area contributed by atoms with Gasteiger partial charge in [0, 0.05) is 18.6 Å². The molecule has 2 aromatic rings.